The monoisotopic (exact) mass is 411 g/mol. The molecule has 0 radical (unpaired) electrons. The fourth-order valence-electron chi connectivity index (χ4n) is 2.73. The summed E-state index contributed by atoms with van der Waals surface area (Å²) in [6.45, 7) is 1.85. The van der Waals surface area contributed by atoms with Gasteiger partial charge in [-0.3, -0.25) is 4.79 Å². The van der Waals surface area contributed by atoms with Crippen LogP contribution in [-0.4, -0.2) is 29.6 Å². The van der Waals surface area contributed by atoms with Crippen molar-refractivity contribution in [2.24, 2.45) is 0 Å². The van der Waals surface area contributed by atoms with Gasteiger partial charge in [-0.1, -0.05) is 23.2 Å². The van der Waals surface area contributed by atoms with Crippen LogP contribution < -0.4 is 5.32 Å². The summed E-state index contributed by atoms with van der Waals surface area (Å²) >= 11 is 12.0. The SMILES string of the molecule is CCOC(=O)C(Cl)=Cc1cc(NC(=O)C2=C(C(=O)O)CCCC2)ccc1Cl. The number of carboxylic acid groups (broad SMARTS) is 1. The van der Waals surface area contributed by atoms with E-state index in [-0.39, 0.29) is 22.8 Å². The lowest BCUT2D eigenvalue weighted by molar-refractivity contribution is -0.137. The molecule has 8 heteroatoms. The lowest BCUT2D eigenvalue weighted by atomic mass is 9.91. The second kappa shape index (κ2) is 9.58. The molecule has 0 bridgehead atoms. The first-order valence-electron chi connectivity index (χ1n) is 8.44. The van der Waals surface area contributed by atoms with E-state index in [1.807, 2.05) is 0 Å². The van der Waals surface area contributed by atoms with Crippen molar-refractivity contribution in [2.45, 2.75) is 32.6 Å². The maximum absolute atomic E-state index is 12.5. The van der Waals surface area contributed by atoms with Crippen molar-refractivity contribution in [2.75, 3.05) is 11.9 Å². The maximum atomic E-state index is 12.5. The van der Waals surface area contributed by atoms with Crippen molar-refractivity contribution < 1.29 is 24.2 Å². The topological polar surface area (TPSA) is 92.7 Å². The first-order valence-corrected chi connectivity index (χ1v) is 9.19. The van der Waals surface area contributed by atoms with Crippen molar-refractivity contribution in [1.29, 1.82) is 0 Å². The standard InChI is InChI=1S/C19H19Cl2NO5/c1-2-27-19(26)16(21)10-11-9-12(7-8-15(11)20)22-17(23)13-5-3-4-6-14(13)18(24)25/h7-10H,2-6H2,1H3,(H,22,23)(H,24,25). The highest BCUT2D eigenvalue weighted by atomic mass is 35.5. The molecule has 1 aromatic rings. The molecule has 144 valence electrons. The van der Waals surface area contributed by atoms with Gasteiger partial charge in [-0.15, -0.1) is 0 Å². The van der Waals surface area contributed by atoms with E-state index >= 15 is 0 Å². The van der Waals surface area contributed by atoms with Crippen LogP contribution in [0, 0.1) is 0 Å². The summed E-state index contributed by atoms with van der Waals surface area (Å²) in [7, 11) is 0. The quantitative estimate of drug-likeness (QED) is 0.535. The largest absolute Gasteiger partial charge is 0.478 e. The summed E-state index contributed by atoms with van der Waals surface area (Å²) < 4.78 is 4.81. The molecule has 0 aliphatic heterocycles. The first-order chi connectivity index (χ1) is 12.8. The molecule has 2 N–H and O–H groups in total. The van der Waals surface area contributed by atoms with Gasteiger partial charge in [-0.05, 0) is 62.4 Å². The Bertz CT molecular complexity index is 829. The summed E-state index contributed by atoms with van der Waals surface area (Å²) in [6, 6.07) is 4.68. The fraction of sp³-hybridized carbons (Fsp3) is 0.316. The summed E-state index contributed by atoms with van der Waals surface area (Å²) in [5.74, 6) is -2.20. The van der Waals surface area contributed by atoms with Gasteiger partial charge in [-0.25, -0.2) is 9.59 Å². The third-order valence-corrected chi connectivity index (χ3v) is 4.61. The van der Waals surface area contributed by atoms with Crippen molar-refractivity contribution in [1.82, 2.24) is 0 Å². The molecule has 1 aliphatic carbocycles. The minimum absolute atomic E-state index is 0.148. The molecule has 27 heavy (non-hydrogen) atoms. The molecule has 0 saturated heterocycles. The van der Waals surface area contributed by atoms with Gasteiger partial charge in [0.25, 0.3) is 5.91 Å². The molecule has 0 unspecified atom stereocenters. The maximum Gasteiger partial charge on any atom is 0.349 e. The summed E-state index contributed by atoms with van der Waals surface area (Å²) in [5.41, 5.74) is 1.26. The molecule has 0 aromatic heterocycles. The number of hydrogen-bond donors (Lipinski definition) is 2. The highest BCUT2D eigenvalue weighted by Gasteiger charge is 2.23. The van der Waals surface area contributed by atoms with E-state index in [2.05, 4.69) is 5.32 Å². The second-order valence-electron chi connectivity index (χ2n) is 5.87. The molecule has 6 nitrogen and oxygen atoms in total. The van der Waals surface area contributed by atoms with Gasteiger partial charge in [0, 0.05) is 21.9 Å². The molecule has 0 atom stereocenters. The second-order valence-corrected chi connectivity index (χ2v) is 6.69. The number of amides is 1. The van der Waals surface area contributed by atoms with Crippen LogP contribution in [0.2, 0.25) is 5.02 Å². The average molecular weight is 412 g/mol. The predicted molar refractivity (Wildman–Crippen MR) is 104 cm³/mol. The van der Waals surface area contributed by atoms with Crippen LogP contribution >= 0.6 is 23.2 Å². The summed E-state index contributed by atoms with van der Waals surface area (Å²) in [6.07, 6.45) is 3.66. The van der Waals surface area contributed by atoms with Crippen LogP contribution in [0.5, 0.6) is 0 Å². The molecular weight excluding hydrogens is 393 g/mol. The Morgan fingerprint density at radius 1 is 1.22 bits per heavy atom. The van der Waals surface area contributed by atoms with Gasteiger partial charge >= 0.3 is 11.9 Å². The lowest BCUT2D eigenvalue weighted by Gasteiger charge is -2.17. The number of nitrogens with one attached hydrogen (secondary N) is 1. The van der Waals surface area contributed by atoms with Gasteiger partial charge in [0.2, 0.25) is 0 Å². The number of esters is 1. The Labute approximate surface area is 166 Å². The van der Waals surface area contributed by atoms with Crippen LogP contribution in [-0.2, 0) is 19.1 Å². The molecular formula is C19H19Cl2NO5. The highest BCUT2D eigenvalue weighted by Crippen LogP contribution is 2.28. The molecule has 0 heterocycles. The number of hydrogen-bond acceptors (Lipinski definition) is 4. The molecule has 0 spiro atoms. The molecule has 2 rings (SSSR count). The number of rotatable bonds is 6. The predicted octanol–water partition coefficient (Wildman–Crippen LogP) is 4.38. The number of carbonyl (C=O) groups excluding carboxylic acids is 2. The minimum Gasteiger partial charge on any atom is -0.478 e. The third kappa shape index (κ3) is 5.58. The summed E-state index contributed by atoms with van der Waals surface area (Å²) in [5, 5.41) is 12.1. The zero-order chi connectivity index (χ0) is 20.0. The van der Waals surface area contributed by atoms with Crippen LogP contribution in [0.25, 0.3) is 6.08 Å². The fourth-order valence-corrected chi connectivity index (χ4v) is 3.07. The molecule has 0 fully saturated rings. The Kier molecular flexibility index (Phi) is 7.45. The molecule has 1 aliphatic rings. The van der Waals surface area contributed by atoms with E-state index in [1.54, 1.807) is 25.1 Å². The Balaban J connectivity index is 2.25. The number of halogens is 2. The first kappa shape index (κ1) is 21.0. The van der Waals surface area contributed by atoms with E-state index in [0.29, 0.717) is 29.1 Å². The zero-order valence-corrected chi connectivity index (χ0v) is 16.2. The lowest BCUT2D eigenvalue weighted by Crippen LogP contribution is -2.21. The third-order valence-electron chi connectivity index (χ3n) is 4.01. The molecule has 1 aromatic carbocycles. The van der Waals surface area contributed by atoms with E-state index in [1.165, 1.54) is 6.08 Å². The van der Waals surface area contributed by atoms with Gasteiger partial charge < -0.3 is 15.2 Å². The minimum atomic E-state index is -1.07. The van der Waals surface area contributed by atoms with Crippen molar-refractivity contribution in [3.05, 3.63) is 45.0 Å². The number of ether oxygens (including phenoxy) is 1. The van der Waals surface area contributed by atoms with Crippen molar-refractivity contribution in [3.63, 3.8) is 0 Å². The zero-order valence-electron chi connectivity index (χ0n) is 14.7. The van der Waals surface area contributed by atoms with Gasteiger partial charge in [0.1, 0.15) is 5.03 Å². The van der Waals surface area contributed by atoms with Gasteiger partial charge in [-0.2, -0.15) is 0 Å². The Morgan fingerprint density at radius 3 is 2.52 bits per heavy atom. The van der Waals surface area contributed by atoms with Crippen LogP contribution in [0.3, 0.4) is 0 Å². The van der Waals surface area contributed by atoms with E-state index in [4.69, 9.17) is 27.9 Å². The van der Waals surface area contributed by atoms with Gasteiger partial charge in [0.05, 0.1) is 6.61 Å². The number of anilines is 1. The number of benzene rings is 1. The van der Waals surface area contributed by atoms with Crippen molar-refractivity contribution >= 4 is 52.8 Å². The van der Waals surface area contributed by atoms with Crippen LogP contribution in [0.15, 0.2) is 34.4 Å². The van der Waals surface area contributed by atoms with Crippen molar-refractivity contribution in [3.8, 4) is 0 Å². The van der Waals surface area contributed by atoms with E-state index in [0.717, 1.165) is 12.8 Å². The smallest absolute Gasteiger partial charge is 0.349 e. The van der Waals surface area contributed by atoms with Crippen LogP contribution in [0.1, 0.15) is 38.2 Å². The van der Waals surface area contributed by atoms with Gasteiger partial charge in [0.15, 0.2) is 0 Å². The highest BCUT2D eigenvalue weighted by molar-refractivity contribution is 6.43. The normalized spacial score (nSPS) is 14.7. The summed E-state index contributed by atoms with van der Waals surface area (Å²) in [4.78, 5) is 35.5. The number of carbonyl (C=O) groups is 3. The molecule has 1 amide bonds. The average Bonchev–Trinajstić information content (AvgIpc) is 2.64. The van der Waals surface area contributed by atoms with E-state index < -0.39 is 17.8 Å². The van der Waals surface area contributed by atoms with Crippen LogP contribution in [0.4, 0.5) is 5.69 Å². The Hall–Kier alpha value is -2.31. The number of carboxylic acids is 1. The number of aliphatic carboxylic acids is 1. The van der Waals surface area contributed by atoms with E-state index in [9.17, 15) is 19.5 Å². The molecule has 0 saturated carbocycles. The Morgan fingerprint density at radius 2 is 1.89 bits per heavy atom.